The number of carbonyl (C=O) groups is 4. The number of nitrogens with one attached hydrogen (secondary N) is 3. The molecule has 176 valence electrons. The molecule has 10 nitrogen and oxygen atoms in total. The maximum atomic E-state index is 12.9. The second-order valence-electron chi connectivity index (χ2n) is 8.48. The van der Waals surface area contributed by atoms with Crippen molar-refractivity contribution >= 4 is 35.7 Å². The molecule has 0 aromatic rings. The van der Waals surface area contributed by atoms with E-state index in [1.807, 2.05) is 20.8 Å². The highest BCUT2D eigenvalue weighted by molar-refractivity contribution is 7.96. The molecule has 3 atom stereocenters. The fourth-order valence-corrected chi connectivity index (χ4v) is 3.78. The monoisotopic (exact) mass is 459 g/mol. The van der Waals surface area contributed by atoms with Crippen molar-refractivity contribution in [2.75, 3.05) is 26.6 Å². The van der Waals surface area contributed by atoms with Gasteiger partial charge >= 0.3 is 6.09 Å². The Bertz CT molecular complexity index is 667. The molecule has 11 heteroatoms. The molecule has 2 aliphatic rings. The van der Waals surface area contributed by atoms with Crippen molar-refractivity contribution < 1.29 is 33.4 Å². The maximum absolute atomic E-state index is 12.9. The molecule has 0 aromatic carbocycles. The molecule has 2 aliphatic heterocycles. The fourth-order valence-electron chi connectivity index (χ4n) is 3.61. The van der Waals surface area contributed by atoms with Gasteiger partial charge < -0.3 is 30.2 Å². The van der Waals surface area contributed by atoms with E-state index in [2.05, 4.69) is 28.6 Å². The van der Waals surface area contributed by atoms with Crippen molar-refractivity contribution in [3.05, 3.63) is 0 Å². The molecule has 3 N–H and O–H groups in total. The summed E-state index contributed by atoms with van der Waals surface area (Å²) in [6, 6.07) is -1.85. The largest absolute Gasteiger partial charge is 0.438 e. The van der Waals surface area contributed by atoms with Gasteiger partial charge in [-0.05, 0) is 31.6 Å². The van der Waals surface area contributed by atoms with Gasteiger partial charge in [0.15, 0.2) is 5.60 Å². The third-order valence-electron chi connectivity index (χ3n) is 5.46. The van der Waals surface area contributed by atoms with Crippen LogP contribution in [0.15, 0.2) is 0 Å². The van der Waals surface area contributed by atoms with Crippen LogP contribution < -0.4 is 16.0 Å². The molecule has 3 amide bonds. The van der Waals surface area contributed by atoms with Crippen LogP contribution in [0.1, 0.15) is 46.5 Å². The second kappa shape index (κ2) is 11.7. The van der Waals surface area contributed by atoms with E-state index < -0.39 is 34.8 Å². The van der Waals surface area contributed by atoms with Crippen LogP contribution >= 0.6 is 12.6 Å². The minimum absolute atomic E-state index is 0.0864. The predicted octanol–water partition coefficient (Wildman–Crippen LogP) is 0.748. The Balaban J connectivity index is 2.01. The zero-order chi connectivity index (χ0) is 23.0. The van der Waals surface area contributed by atoms with Gasteiger partial charge in [0.1, 0.15) is 12.8 Å². The quantitative estimate of drug-likeness (QED) is 0.354. The van der Waals surface area contributed by atoms with Crippen LogP contribution in [0.5, 0.6) is 0 Å². The number of hydrogen-bond donors (Lipinski definition) is 4. The van der Waals surface area contributed by atoms with E-state index >= 15 is 0 Å². The molecular weight excluding hydrogens is 426 g/mol. The van der Waals surface area contributed by atoms with Gasteiger partial charge in [0.25, 0.3) is 0 Å². The highest BCUT2D eigenvalue weighted by atomic mass is 32.1. The van der Waals surface area contributed by atoms with Gasteiger partial charge in [0.05, 0.1) is 19.3 Å². The molecular formula is C20H33N3O7S. The third kappa shape index (κ3) is 7.65. The van der Waals surface area contributed by atoms with E-state index in [0.717, 1.165) is 0 Å². The molecule has 0 spiro atoms. The molecule has 0 aliphatic carbocycles. The lowest BCUT2D eigenvalue weighted by Gasteiger charge is -2.35. The van der Waals surface area contributed by atoms with Crippen molar-refractivity contribution in [1.82, 2.24) is 16.0 Å². The summed E-state index contributed by atoms with van der Waals surface area (Å²) in [4.78, 5) is 49.3. The number of hydrogen-bond acceptors (Lipinski definition) is 7. The van der Waals surface area contributed by atoms with Gasteiger partial charge in [-0.2, -0.15) is 0 Å². The highest BCUT2D eigenvalue weighted by Gasteiger charge is 2.38. The van der Waals surface area contributed by atoms with E-state index in [4.69, 9.17) is 14.2 Å². The Morgan fingerprint density at radius 2 is 1.90 bits per heavy atom. The van der Waals surface area contributed by atoms with Crippen LogP contribution in [0.2, 0.25) is 0 Å². The van der Waals surface area contributed by atoms with E-state index in [0.29, 0.717) is 25.8 Å². The van der Waals surface area contributed by atoms with Crippen molar-refractivity contribution in [2.24, 2.45) is 11.8 Å². The van der Waals surface area contributed by atoms with E-state index in [1.165, 1.54) is 0 Å². The fraction of sp³-hybridized carbons (Fsp3) is 0.800. The first kappa shape index (κ1) is 25.4. The van der Waals surface area contributed by atoms with Crippen molar-refractivity contribution in [3.8, 4) is 0 Å². The summed E-state index contributed by atoms with van der Waals surface area (Å²) in [6.45, 7) is 6.77. The van der Waals surface area contributed by atoms with Gasteiger partial charge in [0, 0.05) is 12.5 Å². The standard InChI is InChI=1S/C20H33N3O7S/c1-4-20(9-28-11-29-10-20)30-19(27)23-14(7-12(2)3)17(25)22-15(18(26)31)8-13-5-6-21-16(13)24/h12-15H,4-11H2,1-3H3,(H,21,24)(H,22,25)(H,23,27)(H,26,31)/t13-,14-,15-/m0/s1. The Hall–Kier alpha value is -1.85. The zero-order valence-electron chi connectivity index (χ0n) is 18.3. The van der Waals surface area contributed by atoms with E-state index in [9.17, 15) is 19.2 Å². The van der Waals surface area contributed by atoms with Crippen LogP contribution in [-0.4, -0.2) is 67.3 Å². The Labute approximate surface area is 187 Å². The first-order valence-electron chi connectivity index (χ1n) is 10.6. The van der Waals surface area contributed by atoms with Gasteiger partial charge in [-0.3, -0.25) is 14.4 Å². The molecule has 31 heavy (non-hydrogen) atoms. The number of rotatable bonds is 10. The minimum atomic E-state index is -0.931. The first-order valence-corrected chi connectivity index (χ1v) is 11.1. The summed E-state index contributed by atoms with van der Waals surface area (Å²) < 4.78 is 16.1. The minimum Gasteiger partial charge on any atom is -0.438 e. The van der Waals surface area contributed by atoms with Crippen LogP contribution in [0.4, 0.5) is 4.79 Å². The number of alkyl carbamates (subject to hydrolysis) is 1. The molecule has 2 heterocycles. The van der Waals surface area contributed by atoms with E-state index in [1.54, 1.807) is 0 Å². The molecule has 2 saturated heterocycles. The van der Waals surface area contributed by atoms with Gasteiger partial charge in [-0.25, -0.2) is 4.79 Å². The summed E-state index contributed by atoms with van der Waals surface area (Å²) >= 11 is 3.86. The molecule has 2 rings (SSSR count). The average molecular weight is 460 g/mol. The Morgan fingerprint density at radius 1 is 1.23 bits per heavy atom. The summed E-state index contributed by atoms with van der Waals surface area (Å²) in [7, 11) is 0. The van der Waals surface area contributed by atoms with Crippen molar-refractivity contribution in [3.63, 3.8) is 0 Å². The van der Waals surface area contributed by atoms with Crippen LogP contribution in [0.3, 0.4) is 0 Å². The summed E-state index contributed by atoms with van der Waals surface area (Å²) in [5, 5.41) is 7.41. The highest BCUT2D eigenvalue weighted by Crippen LogP contribution is 2.22. The van der Waals surface area contributed by atoms with Crippen molar-refractivity contribution in [2.45, 2.75) is 64.1 Å². The summed E-state index contributed by atoms with van der Waals surface area (Å²) in [5.74, 6) is -0.948. The number of thiol groups is 1. The van der Waals surface area contributed by atoms with Crippen molar-refractivity contribution in [1.29, 1.82) is 0 Å². The van der Waals surface area contributed by atoms with Crippen LogP contribution in [-0.2, 0) is 28.6 Å². The number of ether oxygens (including phenoxy) is 3. The first-order chi connectivity index (χ1) is 14.7. The zero-order valence-corrected chi connectivity index (χ0v) is 19.2. The topological polar surface area (TPSA) is 132 Å². The molecule has 2 fully saturated rings. The number of amides is 3. The van der Waals surface area contributed by atoms with Crippen LogP contribution in [0, 0.1) is 11.8 Å². The summed E-state index contributed by atoms with van der Waals surface area (Å²) in [5.41, 5.74) is -0.916. The Kier molecular flexibility index (Phi) is 9.57. The second-order valence-corrected chi connectivity index (χ2v) is 8.92. The normalized spacial score (nSPS) is 22.4. The lowest BCUT2D eigenvalue weighted by Crippen LogP contribution is -2.55. The molecule has 0 bridgehead atoms. The van der Waals surface area contributed by atoms with Gasteiger partial charge in [0.2, 0.25) is 16.9 Å². The van der Waals surface area contributed by atoms with Crippen LogP contribution in [0.25, 0.3) is 0 Å². The Morgan fingerprint density at radius 3 is 2.42 bits per heavy atom. The number of carbonyl (C=O) groups excluding carboxylic acids is 4. The van der Waals surface area contributed by atoms with Gasteiger partial charge in [-0.15, -0.1) is 12.6 Å². The summed E-state index contributed by atoms with van der Waals surface area (Å²) in [6.07, 6.45) is 0.814. The molecule has 0 saturated carbocycles. The lowest BCUT2D eigenvalue weighted by molar-refractivity contribution is -0.200. The SMILES string of the molecule is CCC1(OC(=O)N[C@@H](CC(C)C)C(=O)N[C@@H](C[C@@H]2CCNC2=O)C(=O)S)COCOC1. The smallest absolute Gasteiger partial charge is 0.408 e. The van der Waals surface area contributed by atoms with E-state index in [-0.39, 0.29) is 44.2 Å². The van der Waals surface area contributed by atoms with Gasteiger partial charge in [-0.1, -0.05) is 20.8 Å². The predicted molar refractivity (Wildman–Crippen MR) is 114 cm³/mol. The maximum Gasteiger partial charge on any atom is 0.408 e. The molecule has 0 unspecified atom stereocenters. The third-order valence-corrected chi connectivity index (χ3v) is 5.78. The molecule has 0 aromatic heterocycles. The lowest BCUT2D eigenvalue weighted by atomic mass is 9.98. The average Bonchev–Trinajstić information content (AvgIpc) is 3.11. The molecule has 0 radical (unpaired) electrons.